The summed E-state index contributed by atoms with van der Waals surface area (Å²) >= 11 is 6.52. The summed E-state index contributed by atoms with van der Waals surface area (Å²) in [6, 6.07) is 30.0. The van der Waals surface area contributed by atoms with Gasteiger partial charge in [-0.15, -0.1) is 0 Å². The van der Waals surface area contributed by atoms with E-state index >= 15 is 0 Å². The Balaban J connectivity index is 1.34. The number of rotatable bonds is 6. The average molecular weight is 504 g/mol. The maximum Gasteiger partial charge on any atom is 0.255 e. The summed E-state index contributed by atoms with van der Waals surface area (Å²) in [5.74, 6) is 1.23. The number of carbonyl (C=O) groups is 1. The molecule has 0 radical (unpaired) electrons. The molecule has 1 amide bonds. The van der Waals surface area contributed by atoms with Crippen molar-refractivity contribution in [3.05, 3.63) is 137 Å². The van der Waals surface area contributed by atoms with Gasteiger partial charge in [0.1, 0.15) is 17.6 Å². The Kier molecular flexibility index (Phi) is 7.12. The number of hydrogen-bond donors (Lipinski definition) is 1. The lowest BCUT2D eigenvalue weighted by atomic mass is 9.94. The molecule has 0 aliphatic heterocycles. The van der Waals surface area contributed by atoms with Gasteiger partial charge in [-0.25, -0.2) is 0 Å². The number of carbonyl (C=O) groups excluding carboxylic acids is 1. The molecule has 0 saturated heterocycles. The van der Waals surface area contributed by atoms with Gasteiger partial charge in [0.25, 0.3) is 5.91 Å². The van der Waals surface area contributed by atoms with Crippen LogP contribution in [-0.2, 0) is 0 Å². The van der Waals surface area contributed by atoms with Gasteiger partial charge < -0.3 is 10.1 Å². The summed E-state index contributed by atoms with van der Waals surface area (Å²) in [5.41, 5.74) is 3.71. The average Bonchev–Trinajstić information content (AvgIpc) is 2.94. The molecule has 1 aliphatic carbocycles. The Hall–Kier alpha value is -4.66. The summed E-state index contributed by atoms with van der Waals surface area (Å²) in [7, 11) is 0. The third-order valence-corrected chi connectivity index (χ3v) is 6.28. The van der Waals surface area contributed by atoms with E-state index in [1.165, 1.54) is 0 Å². The summed E-state index contributed by atoms with van der Waals surface area (Å²) in [5, 5.41) is 13.0. The minimum absolute atomic E-state index is 0.0398. The number of nitrogens with zero attached hydrogens (tertiary/aromatic N) is 2. The fourth-order valence-electron chi connectivity index (χ4n) is 4.07. The Morgan fingerprint density at radius 3 is 2.30 bits per heavy atom. The Bertz CT molecular complexity index is 1520. The van der Waals surface area contributed by atoms with Gasteiger partial charge in [-0.05, 0) is 67.1 Å². The number of allylic oxidation sites excluding steroid dienone is 3. The molecule has 180 valence electrons. The highest BCUT2D eigenvalue weighted by Gasteiger charge is 2.19. The van der Waals surface area contributed by atoms with Gasteiger partial charge in [-0.3, -0.25) is 9.78 Å². The van der Waals surface area contributed by atoms with Crippen molar-refractivity contribution < 1.29 is 9.53 Å². The van der Waals surface area contributed by atoms with E-state index in [-0.39, 0.29) is 11.8 Å². The first-order valence-electron chi connectivity index (χ1n) is 11.8. The van der Waals surface area contributed by atoms with Gasteiger partial charge in [0.15, 0.2) is 0 Å². The van der Waals surface area contributed by atoms with E-state index in [1.54, 1.807) is 18.2 Å². The lowest BCUT2D eigenvalue weighted by molar-refractivity contribution is 0.0967. The van der Waals surface area contributed by atoms with Crippen molar-refractivity contribution in [2.24, 2.45) is 0 Å². The van der Waals surface area contributed by atoms with E-state index in [1.807, 2.05) is 91.0 Å². The van der Waals surface area contributed by atoms with Gasteiger partial charge in [-0.1, -0.05) is 60.2 Å². The number of nitrogens with one attached hydrogen (secondary N) is 1. The predicted molar refractivity (Wildman–Crippen MR) is 144 cm³/mol. The molecule has 5 rings (SSSR count). The molecule has 0 spiro atoms. The zero-order valence-electron chi connectivity index (χ0n) is 19.8. The maximum atomic E-state index is 12.5. The summed E-state index contributed by atoms with van der Waals surface area (Å²) in [6.45, 7) is 0. The second kappa shape index (κ2) is 10.9. The van der Waals surface area contributed by atoms with Crippen LogP contribution in [0.25, 0.3) is 11.3 Å². The second-order valence-corrected chi connectivity index (χ2v) is 8.89. The SMILES string of the molecule is N#Cc1c(Cl)cc(C2C=CC(NC(=O)c3ccccc3)=CC2)nc1-c1ccc(Oc2ccccc2)cc1. The molecule has 5 nitrogen and oxygen atoms in total. The summed E-state index contributed by atoms with van der Waals surface area (Å²) in [6.07, 6.45) is 6.47. The molecular formula is C31H22ClN3O2. The maximum absolute atomic E-state index is 12.5. The van der Waals surface area contributed by atoms with Crippen LogP contribution in [0.1, 0.15) is 34.0 Å². The van der Waals surface area contributed by atoms with Crippen LogP contribution in [0.4, 0.5) is 0 Å². The van der Waals surface area contributed by atoms with Gasteiger partial charge >= 0.3 is 0 Å². The number of aromatic nitrogens is 1. The molecule has 1 atom stereocenters. The molecule has 4 aromatic rings. The van der Waals surface area contributed by atoms with Crippen molar-refractivity contribution in [1.29, 1.82) is 5.26 Å². The lowest BCUT2D eigenvalue weighted by Crippen LogP contribution is -2.23. The molecule has 1 aliphatic rings. The van der Waals surface area contributed by atoms with Crippen LogP contribution in [0.3, 0.4) is 0 Å². The van der Waals surface area contributed by atoms with Gasteiger partial charge in [-0.2, -0.15) is 5.26 Å². The van der Waals surface area contributed by atoms with E-state index in [2.05, 4.69) is 11.4 Å². The molecule has 1 unspecified atom stereocenters. The van der Waals surface area contributed by atoms with E-state index in [4.69, 9.17) is 21.3 Å². The van der Waals surface area contributed by atoms with Crippen molar-refractivity contribution in [3.8, 4) is 28.8 Å². The van der Waals surface area contributed by atoms with Crippen LogP contribution in [-0.4, -0.2) is 10.9 Å². The van der Waals surface area contributed by atoms with E-state index < -0.39 is 0 Å². The van der Waals surface area contributed by atoms with Crippen LogP contribution >= 0.6 is 11.6 Å². The second-order valence-electron chi connectivity index (χ2n) is 8.48. The number of benzene rings is 3. The fourth-order valence-corrected chi connectivity index (χ4v) is 4.31. The first-order valence-corrected chi connectivity index (χ1v) is 12.2. The van der Waals surface area contributed by atoms with Crippen molar-refractivity contribution in [2.75, 3.05) is 0 Å². The molecular weight excluding hydrogens is 482 g/mol. The number of hydrogen-bond acceptors (Lipinski definition) is 4. The summed E-state index contributed by atoms with van der Waals surface area (Å²) < 4.78 is 5.88. The Morgan fingerprint density at radius 1 is 0.973 bits per heavy atom. The lowest BCUT2D eigenvalue weighted by Gasteiger charge is -2.18. The quantitative estimate of drug-likeness (QED) is 0.297. The number of nitriles is 1. The van der Waals surface area contributed by atoms with Crippen molar-refractivity contribution in [1.82, 2.24) is 10.3 Å². The molecule has 1 aromatic heterocycles. The smallest absolute Gasteiger partial charge is 0.255 e. The van der Waals surface area contributed by atoms with Gasteiger partial charge in [0.2, 0.25) is 0 Å². The third-order valence-electron chi connectivity index (χ3n) is 5.98. The van der Waals surface area contributed by atoms with Crippen molar-refractivity contribution in [2.45, 2.75) is 12.3 Å². The monoisotopic (exact) mass is 503 g/mol. The number of para-hydroxylation sites is 1. The van der Waals surface area contributed by atoms with Crippen LogP contribution in [0.15, 0.2) is 115 Å². The molecule has 37 heavy (non-hydrogen) atoms. The number of ether oxygens (including phenoxy) is 1. The molecule has 1 N–H and O–H groups in total. The first kappa shape index (κ1) is 24.1. The van der Waals surface area contributed by atoms with Crippen LogP contribution in [0.5, 0.6) is 11.5 Å². The van der Waals surface area contributed by atoms with E-state index in [0.717, 1.165) is 22.7 Å². The highest BCUT2D eigenvalue weighted by atomic mass is 35.5. The molecule has 0 bridgehead atoms. The van der Waals surface area contributed by atoms with Gasteiger partial charge in [0.05, 0.1) is 16.3 Å². The van der Waals surface area contributed by atoms with E-state index in [0.29, 0.717) is 34.0 Å². The Labute approximate surface area is 220 Å². The number of pyridine rings is 1. The highest BCUT2D eigenvalue weighted by molar-refractivity contribution is 6.32. The van der Waals surface area contributed by atoms with Crippen LogP contribution in [0, 0.1) is 11.3 Å². The first-order chi connectivity index (χ1) is 18.1. The van der Waals surface area contributed by atoms with Crippen molar-refractivity contribution >= 4 is 17.5 Å². The summed E-state index contributed by atoms with van der Waals surface area (Å²) in [4.78, 5) is 17.3. The predicted octanol–water partition coefficient (Wildman–Crippen LogP) is 7.42. The largest absolute Gasteiger partial charge is 0.457 e. The minimum atomic E-state index is -0.156. The van der Waals surface area contributed by atoms with Crippen LogP contribution < -0.4 is 10.1 Å². The van der Waals surface area contributed by atoms with Crippen molar-refractivity contribution in [3.63, 3.8) is 0 Å². The van der Waals surface area contributed by atoms with Crippen LogP contribution in [0.2, 0.25) is 5.02 Å². The normalized spacial score (nSPS) is 14.4. The zero-order chi connectivity index (χ0) is 25.6. The zero-order valence-corrected chi connectivity index (χ0v) is 20.5. The standard InChI is InChI=1S/C31H22ClN3O2/c32-28-19-29(21-11-15-24(16-12-21)34-31(36)23-7-3-1-4-8-23)35-30(27(28)20-33)22-13-17-26(18-14-22)37-25-9-5-2-6-10-25/h1-11,13-19,21H,12H2,(H,34,36). The molecule has 0 fully saturated rings. The number of amides is 1. The topological polar surface area (TPSA) is 75.0 Å². The Morgan fingerprint density at radius 2 is 1.65 bits per heavy atom. The highest BCUT2D eigenvalue weighted by Crippen LogP contribution is 2.34. The minimum Gasteiger partial charge on any atom is -0.457 e. The third kappa shape index (κ3) is 5.61. The molecule has 0 saturated carbocycles. The van der Waals surface area contributed by atoms with E-state index in [9.17, 15) is 10.1 Å². The molecule has 3 aromatic carbocycles. The van der Waals surface area contributed by atoms with Gasteiger partial charge in [0, 0.05) is 28.4 Å². The molecule has 1 heterocycles. The number of halogens is 1. The molecule has 6 heteroatoms. The fraction of sp³-hybridized carbons (Fsp3) is 0.0645.